The highest BCUT2D eigenvalue weighted by Crippen LogP contribution is 2.26. The highest BCUT2D eigenvalue weighted by atomic mass is 19.1. The van der Waals surface area contributed by atoms with Crippen molar-refractivity contribution in [2.75, 3.05) is 20.2 Å². The lowest BCUT2D eigenvalue weighted by atomic mass is 10.1. The molecule has 21 heavy (non-hydrogen) atoms. The van der Waals surface area contributed by atoms with Gasteiger partial charge in [-0.2, -0.15) is 0 Å². The van der Waals surface area contributed by atoms with Crippen molar-refractivity contribution < 1.29 is 23.1 Å². The molecule has 0 spiro atoms. The lowest BCUT2D eigenvalue weighted by molar-refractivity contribution is -0.141. The maximum absolute atomic E-state index is 13.3. The Balaban J connectivity index is 2.38. The van der Waals surface area contributed by atoms with Crippen LogP contribution in [0.1, 0.15) is 23.0 Å². The van der Waals surface area contributed by atoms with Gasteiger partial charge in [-0.3, -0.25) is 9.59 Å². The number of carbonyl (C=O) groups is 2. The quantitative estimate of drug-likeness (QED) is 0.813. The fraction of sp³-hybridized carbons (Fsp3) is 0.333. The molecule has 1 heterocycles. The molecule has 0 unspecified atom stereocenters. The first-order chi connectivity index (χ1) is 9.97. The Morgan fingerprint density at radius 3 is 2.71 bits per heavy atom. The average Bonchev–Trinajstić information content (AvgIpc) is 2.80. The minimum atomic E-state index is -0.509. The topological polar surface area (TPSA) is 59.8 Å². The fourth-order valence-electron chi connectivity index (χ4n) is 2.09. The predicted octanol–water partition coefficient (Wildman–Crippen LogP) is 2.52. The number of fused-ring (bicyclic) bond motifs is 1. The van der Waals surface area contributed by atoms with Gasteiger partial charge in [0, 0.05) is 17.5 Å². The number of ether oxygens (including phenoxy) is 1. The molecule has 0 aliphatic carbocycles. The van der Waals surface area contributed by atoms with E-state index in [-0.39, 0.29) is 12.3 Å². The Labute approximate surface area is 121 Å². The van der Waals surface area contributed by atoms with Crippen molar-refractivity contribution in [3.05, 3.63) is 35.3 Å². The largest absolute Gasteiger partial charge is 0.468 e. The SMILES string of the molecule is CCN(CC(=O)OC)C(=O)c1oc2ccc(F)cc2c1C. The summed E-state index contributed by atoms with van der Waals surface area (Å²) < 4.78 is 23.3. The number of aryl methyl sites for hydroxylation is 1. The summed E-state index contributed by atoms with van der Waals surface area (Å²) in [7, 11) is 1.26. The number of hydrogen-bond acceptors (Lipinski definition) is 4. The van der Waals surface area contributed by atoms with E-state index in [4.69, 9.17) is 4.42 Å². The number of hydrogen-bond donors (Lipinski definition) is 0. The zero-order valence-electron chi connectivity index (χ0n) is 12.1. The highest BCUT2D eigenvalue weighted by Gasteiger charge is 2.24. The van der Waals surface area contributed by atoms with Gasteiger partial charge in [0.15, 0.2) is 5.76 Å². The molecule has 0 saturated carbocycles. The Morgan fingerprint density at radius 1 is 1.38 bits per heavy atom. The van der Waals surface area contributed by atoms with Crippen molar-refractivity contribution in [3.63, 3.8) is 0 Å². The number of halogens is 1. The van der Waals surface area contributed by atoms with E-state index in [0.29, 0.717) is 23.1 Å². The van der Waals surface area contributed by atoms with E-state index in [0.717, 1.165) is 0 Å². The number of rotatable bonds is 4. The number of furan rings is 1. The molecular formula is C15H16FNO4. The van der Waals surface area contributed by atoms with Crippen molar-refractivity contribution >= 4 is 22.8 Å². The van der Waals surface area contributed by atoms with Gasteiger partial charge in [0.05, 0.1) is 7.11 Å². The van der Waals surface area contributed by atoms with Gasteiger partial charge in [-0.1, -0.05) is 0 Å². The summed E-state index contributed by atoms with van der Waals surface area (Å²) in [5, 5.41) is 0.549. The number of carbonyl (C=O) groups excluding carboxylic acids is 2. The van der Waals surface area contributed by atoms with Crippen LogP contribution in [0.2, 0.25) is 0 Å². The third-order valence-corrected chi connectivity index (χ3v) is 3.31. The zero-order valence-corrected chi connectivity index (χ0v) is 12.1. The van der Waals surface area contributed by atoms with Crippen molar-refractivity contribution in [2.24, 2.45) is 0 Å². The smallest absolute Gasteiger partial charge is 0.325 e. The van der Waals surface area contributed by atoms with Crippen LogP contribution in [0, 0.1) is 12.7 Å². The fourth-order valence-corrected chi connectivity index (χ4v) is 2.09. The summed E-state index contributed by atoms with van der Waals surface area (Å²) in [4.78, 5) is 25.1. The summed E-state index contributed by atoms with van der Waals surface area (Å²) in [6.07, 6.45) is 0. The van der Waals surface area contributed by atoms with Gasteiger partial charge in [0.25, 0.3) is 5.91 Å². The number of nitrogens with zero attached hydrogens (tertiary/aromatic N) is 1. The standard InChI is InChI=1S/C15H16FNO4/c1-4-17(8-13(18)20-3)15(19)14-9(2)11-7-10(16)5-6-12(11)21-14/h5-7H,4,8H2,1-3H3. The van der Waals surface area contributed by atoms with E-state index in [1.54, 1.807) is 13.8 Å². The minimum Gasteiger partial charge on any atom is -0.468 e. The molecule has 2 aromatic rings. The summed E-state index contributed by atoms with van der Waals surface area (Å²) in [5.41, 5.74) is 0.990. The maximum Gasteiger partial charge on any atom is 0.325 e. The van der Waals surface area contributed by atoms with Crippen molar-refractivity contribution in [1.29, 1.82) is 0 Å². The van der Waals surface area contributed by atoms with Gasteiger partial charge in [-0.25, -0.2) is 4.39 Å². The lowest BCUT2D eigenvalue weighted by Gasteiger charge is -2.18. The summed E-state index contributed by atoms with van der Waals surface area (Å²) in [5.74, 6) is -1.21. The van der Waals surface area contributed by atoms with Crippen LogP contribution >= 0.6 is 0 Å². The molecule has 0 radical (unpaired) electrons. The van der Waals surface area contributed by atoms with Crippen molar-refractivity contribution in [3.8, 4) is 0 Å². The second-order valence-electron chi connectivity index (χ2n) is 4.59. The van der Waals surface area contributed by atoms with Gasteiger partial charge in [-0.15, -0.1) is 0 Å². The Hall–Kier alpha value is -2.37. The molecule has 1 amide bonds. The minimum absolute atomic E-state index is 0.112. The van der Waals surface area contributed by atoms with Crippen molar-refractivity contribution in [1.82, 2.24) is 4.90 Å². The first-order valence-corrected chi connectivity index (χ1v) is 6.52. The van der Waals surface area contributed by atoms with Gasteiger partial charge in [-0.05, 0) is 32.0 Å². The second kappa shape index (κ2) is 5.95. The summed E-state index contributed by atoms with van der Waals surface area (Å²) in [6.45, 7) is 3.61. The molecule has 2 rings (SSSR count). The third-order valence-electron chi connectivity index (χ3n) is 3.31. The van der Waals surface area contributed by atoms with Crippen LogP contribution in [0.4, 0.5) is 4.39 Å². The van der Waals surface area contributed by atoms with E-state index < -0.39 is 17.7 Å². The molecule has 5 nitrogen and oxygen atoms in total. The van der Waals surface area contributed by atoms with Crippen LogP contribution in [-0.4, -0.2) is 37.0 Å². The third kappa shape index (κ3) is 2.89. The van der Waals surface area contributed by atoms with E-state index >= 15 is 0 Å². The van der Waals surface area contributed by atoms with Gasteiger partial charge in [0.1, 0.15) is 17.9 Å². The van der Waals surface area contributed by atoms with Crippen LogP contribution in [0.3, 0.4) is 0 Å². The van der Waals surface area contributed by atoms with Crippen molar-refractivity contribution in [2.45, 2.75) is 13.8 Å². The molecule has 0 aliphatic heterocycles. The zero-order chi connectivity index (χ0) is 15.6. The number of amides is 1. The van der Waals surface area contributed by atoms with Gasteiger partial charge < -0.3 is 14.1 Å². The van der Waals surface area contributed by atoms with Crippen LogP contribution in [0.5, 0.6) is 0 Å². The molecular weight excluding hydrogens is 277 g/mol. The van der Waals surface area contributed by atoms with Gasteiger partial charge in [0.2, 0.25) is 0 Å². The summed E-state index contributed by atoms with van der Waals surface area (Å²) >= 11 is 0. The lowest BCUT2D eigenvalue weighted by Crippen LogP contribution is -2.36. The van der Waals surface area contributed by atoms with Crippen LogP contribution in [-0.2, 0) is 9.53 Å². The predicted molar refractivity (Wildman–Crippen MR) is 74.5 cm³/mol. The van der Waals surface area contributed by atoms with E-state index in [9.17, 15) is 14.0 Å². The maximum atomic E-state index is 13.3. The molecule has 0 N–H and O–H groups in total. The Bertz CT molecular complexity index is 692. The molecule has 1 aromatic carbocycles. The monoisotopic (exact) mass is 293 g/mol. The number of esters is 1. The molecule has 0 bridgehead atoms. The number of methoxy groups -OCH3 is 1. The normalized spacial score (nSPS) is 10.7. The first kappa shape index (κ1) is 15.0. The van der Waals surface area contributed by atoms with Crippen LogP contribution in [0.25, 0.3) is 11.0 Å². The molecule has 112 valence electrons. The Morgan fingerprint density at radius 2 is 2.10 bits per heavy atom. The number of likely N-dealkylation sites (N-methyl/N-ethyl adjacent to an activating group) is 1. The van der Waals surface area contributed by atoms with E-state index in [2.05, 4.69) is 4.74 Å². The van der Waals surface area contributed by atoms with E-state index in [1.807, 2.05) is 0 Å². The average molecular weight is 293 g/mol. The second-order valence-corrected chi connectivity index (χ2v) is 4.59. The highest BCUT2D eigenvalue weighted by molar-refractivity contribution is 6.00. The Kier molecular flexibility index (Phi) is 4.26. The molecule has 6 heteroatoms. The van der Waals surface area contributed by atoms with Gasteiger partial charge >= 0.3 is 5.97 Å². The molecule has 0 aliphatic rings. The molecule has 0 atom stereocenters. The van der Waals surface area contributed by atoms with E-state index in [1.165, 1.54) is 30.2 Å². The molecule has 1 aromatic heterocycles. The summed E-state index contributed by atoms with van der Waals surface area (Å²) in [6, 6.07) is 4.07. The molecule has 0 fully saturated rings. The van der Waals surface area contributed by atoms with Crippen LogP contribution < -0.4 is 0 Å². The van der Waals surface area contributed by atoms with Crippen LogP contribution in [0.15, 0.2) is 22.6 Å². The number of benzene rings is 1. The first-order valence-electron chi connectivity index (χ1n) is 6.52. The molecule has 0 saturated heterocycles.